The molecule has 0 spiro atoms. The molecule has 0 rings (SSSR count). The van der Waals surface area contributed by atoms with Gasteiger partial charge in [-0.25, -0.2) is 5.01 Å². The quantitative estimate of drug-likeness (QED) is 0.362. The molecule has 0 bridgehead atoms. The van der Waals surface area contributed by atoms with Gasteiger partial charge >= 0.3 is 0 Å². The molecule has 2 nitrogen and oxygen atoms in total. The van der Waals surface area contributed by atoms with Gasteiger partial charge in [0.25, 0.3) is 0 Å². The van der Waals surface area contributed by atoms with Gasteiger partial charge in [0.1, 0.15) is 0 Å². The van der Waals surface area contributed by atoms with Crippen molar-refractivity contribution in [1.82, 2.24) is 5.01 Å². The highest BCUT2D eigenvalue weighted by atomic mass is 15.4. The zero-order valence-corrected chi connectivity index (χ0v) is 6.75. The van der Waals surface area contributed by atoms with Crippen LogP contribution in [0.2, 0.25) is 0 Å². The van der Waals surface area contributed by atoms with E-state index >= 15 is 0 Å². The van der Waals surface area contributed by atoms with Crippen LogP contribution in [-0.4, -0.2) is 18.1 Å². The van der Waals surface area contributed by atoms with Gasteiger partial charge in [0.15, 0.2) is 0 Å². The maximum Gasteiger partial charge on any atom is 0.0312 e. The van der Waals surface area contributed by atoms with Crippen LogP contribution in [0, 0.1) is 0 Å². The van der Waals surface area contributed by atoms with E-state index in [1.165, 1.54) is 0 Å². The van der Waals surface area contributed by atoms with Crippen molar-refractivity contribution in [2.75, 3.05) is 13.1 Å². The molecule has 0 saturated heterocycles. The predicted octanol–water partition coefficient (Wildman–Crippen LogP) is 1.31. The molecule has 0 radical (unpaired) electrons. The van der Waals surface area contributed by atoms with Crippen molar-refractivity contribution in [1.29, 1.82) is 0 Å². The van der Waals surface area contributed by atoms with Gasteiger partial charge in [0.05, 0.1) is 0 Å². The molecule has 0 aliphatic rings. The van der Waals surface area contributed by atoms with Crippen molar-refractivity contribution in [3.8, 4) is 0 Å². The Bertz CT molecular complexity index is 102. The minimum absolute atomic E-state index is 0.820. The van der Waals surface area contributed by atoms with Crippen LogP contribution in [0.15, 0.2) is 24.3 Å². The molecule has 0 aromatic carbocycles. The second kappa shape index (κ2) is 6.52. The maximum absolute atomic E-state index is 5.58. The molecule has 0 saturated carbocycles. The lowest BCUT2D eigenvalue weighted by Gasteiger charge is -2.09. The van der Waals surface area contributed by atoms with Gasteiger partial charge in [-0.15, -0.1) is 0 Å². The zero-order valence-electron chi connectivity index (χ0n) is 6.75. The Balaban J connectivity index is 3.33. The average Bonchev–Trinajstić information content (AvgIpc) is 1.97. The molecule has 2 heteroatoms. The van der Waals surface area contributed by atoms with Crippen molar-refractivity contribution in [3.63, 3.8) is 0 Å². The summed E-state index contributed by atoms with van der Waals surface area (Å²) in [5.41, 5.74) is 0. The third-order valence-electron chi connectivity index (χ3n) is 1.15. The van der Waals surface area contributed by atoms with Gasteiger partial charge in [-0.05, 0) is 13.8 Å². The Kier molecular flexibility index (Phi) is 6.13. The number of nitrogens with two attached hydrogens (primary N) is 1. The van der Waals surface area contributed by atoms with Gasteiger partial charge < -0.3 is 0 Å². The molecule has 0 aromatic rings. The standard InChI is InChI=1S/C8H16N2/c1-3-5-7-10(9)8-6-4-2/h3-6H,7-9H2,1-2H3. The summed E-state index contributed by atoms with van der Waals surface area (Å²) in [5.74, 6) is 5.58. The first kappa shape index (κ1) is 9.40. The van der Waals surface area contributed by atoms with Crippen molar-refractivity contribution in [3.05, 3.63) is 24.3 Å². The van der Waals surface area contributed by atoms with Crippen LogP contribution in [0.25, 0.3) is 0 Å². The molecule has 10 heavy (non-hydrogen) atoms. The molecule has 0 atom stereocenters. The number of hydrogen-bond acceptors (Lipinski definition) is 2. The van der Waals surface area contributed by atoms with E-state index in [0.29, 0.717) is 0 Å². The summed E-state index contributed by atoms with van der Waals surface area (Å²) in [6, 6.07) is 0. The second-order valence-electron chi connectivity index (χ2n) is 2.09. The summed E-state index contributed by atoms with van der Waals surface area (Å²) in [5, 5.41) is 1.75. The number of allylic oxidation sites excluding steroid dienone is 2. The van der Waals surface area contributed by atoms with E-state index in [9.17, 15) is 0 Å². The van der Waals surface area contributed by atoms with E-state index in [-0.39, 0.29) is 0 Å². The van der Waals surface area contributed by atoms with E-state index in [2.05, 4.69) is 0 Å². The second-order valence-corrected chi connectivity index (χ2v) is 2.09. The van der Waals surface area contributed by atoms with Crippen molar-refractivity contribution in [2.24, 2.45) is 5.84 Å². The first-order valence-electron chi connectivity index (χ1n) is 3.53. The average molecular weight is 140 g/mol. The predicted molar refractivity (Wildman–Crippen MR) is 45.4 cm³/mol. The van der Waals surface area contributed by atoms with Crippen LogP contribution in [0.5, 0.6) is 0 Å². The first-order chi connectivity index (χ1) is 4.81. The van der Waals surface area contributed by atoms with Crippen molar-refractivity contribution in [2.45, 2.75) is 13.8 Å². The highest BCUT2D eigenvalue weighted by molar-refractivity contribution is 4.84. The van der Waals surface area contributed by atoms with Gasteiger partial charge in [0, 0.05) is 13.1 Å². The van der Waals surface area contributed by atoms with Crippen LogP contribution < -0.4 is 5.84 Å². The van der Waals surface area contributed by atoms with Crippen LogP contribution >= 0.6 is 0 Å². The molecule has 0 aliphatic carbocycles. The highest BCUT2D eigenvalue weighted by Gasteiger charge is 1.88. The van der Waals surface area contributed by atoms with E-state index in [1.807, 2.05) is 38.2 Å². The van der Waals surface area contributed by atoms with E-state index < -0.39 is 0 Å². The smallest absolute Gasteiger partial charge is 0.0312 e. The minimum atomic E-state index is 0.820. The Morgan fingerprint density at radius 2 is 1.50 bits per heavy atom. The molecule has 0 amide bonds. The van der Waals surface area contributed by atoms with E-state index in [1.54, 1.807) is 5.01 Å². The van der Waals surface area contributed by atoms with E-state index in [4.69, 9.17) is 5.84 Å². The third kappa shape index (κ3) is 5.54. The number of nitrogens with zero attached hydrogens (tertiary/aromatic N) is 1. The third-order valence-corrected chi connectivity index (χ3v) is 1.15. The molecule has 58 valence electrons. The molecule has 0 fully saturated rings. The van der Waals surface area contributed by atoms with Gasteiger partial charge in [0.2, 0.25) is 0 Å². The molecule has 0 aromatic heterocycles. The fourth-order valence-electron chi connectivity index (χ4n) is 0.556. The Morgan fingerprint density at radius 3 is 1.80 bits per heavy atom. The fraction of sp³-hybridized carbons (Fsp3) is 0.500. The molecular weight excluding hydrogens is 124 g/mol. The zero-order chi connectivity index (χ0) is 7.82. The number of hydrazine groups is 1. The summed E-state index contributed by atoms with van der Waals surface area (Å²) in [4.78, 5) is 0. The molecular formula is C8H16N2. The lowest BCUT2D eigenvalue weighted by Crippen LogP contribution is -2.31. The molecule has 0 unspecified atom stereocenters. The Labute approximate surface area is 63.0 Å². The minimum Gasteiger partial charge on any atom is -0.268 e. The fourth-order valence-corrected chi connectivity index (χ4v) is 0.556. The first-order valence-corrected chi connectivity index (χ1v) is 3.53. The summed E-state index contributed by atoms with van der Waals surface area (Å²) >= 11 is 0. The molecule has 2 N–H and O–H groups in total. The van der Waals surface area contributed by atoms with E-state index in [0.717, 1.165) is 13.1 Å². The van der Waals surface area contributed by atoms with Crippen molar-refractivity contribution < 1.29 is 0 Å². The summed E-state index contributed by atoms with van der Waals surface area (Å²) in [7, 11) is 0. The van der Waals surface area contributed by atoms with Gasteiger partial charge in [-0.2, -0.15) is 0 Å². The summed E-state index contributed by atoms with van der Waals surface area (Å²) in [6.07, 6.45) is 8.05. The van der Waals surface area contributed by atoms with Crippen LogP contribution in [0.4, 0.5) is 0 Å². The topological polar surface area (TPSA) is 29.3 Å². The largest absolute Gasteiger partial charge is 0.268 e. The maximum atomic E-state index is 5.58. The van der Waals surface area contributed by atoms with Crippen molar-refractivity contribution >= 4 is 0 Å². The monoisotopic (exact) mass is 140 g/mol. The Morgan fingerprint density at radius 1 is 1.10 bits per heavy atom. The van der Waals surface area contributed by atoms with Crippen LogP contribution in [-0.2, 0) is 0 Å². The normalized spacial score (nSPS) is 12.4. The molecule has 0 aliphatic heterocycles. The SMILES string of the molecule is CC=CCN(N)CC=CC. The van der Waals surface area contributed by atoms with Crippen LogP contribution in [0.3, 0.4) is 0 Å². The summed E-state index contributed by atoms with van der Waals surface area (Å²) in [6.45, 7) is 5.62. The van der Waals surface area contributed by atoms with Gasteiger partial charge in [-0.1, -0.05) is 24.3 Å². The number of hydrogen-bond donors (Lipinski definition) is 1. The van der Waals surface area contributed by atoms with Gasteiger partial charge in [-0.3, -0.25) is 5.84 Å². The lowest BCUT2D eigenvalue weighted by molar-refractivity contribution is 0.350. The molecule has 0 heterocycles. The van der Waals surface area contributed by atoms with Crippen LogP contribution in [0.1, 0.15) is 13.8 Å². The summed E-state index contributed by atoms with van der Waals surface area (Å²) < 4.78 is 0. The lowest BCUT2D eigenvalue weighted by atomic mass is 10.4. The number of rotatable bonds is 4. The Hall–Kier alpha value is -0.600. The highest BCUT2D eigenvalue weighted by Crippen LogP contribution is 1.80.